The number of thiophene rings is 1. The predicted octanol–water partition coefficient (Wildman–Crippen LogP) is 4.91. The second-order valence-electron chi connectivity index (χ2n) is 6.27. The van der Waals surface area contributed by atoms with Crippen LogP contribution in [0.25, 0.3) is 6.08 Å². The van der Waals surface area contributed by atoms with Crippen LogP contribution in [0.4, 0.5) is 5.69 Å². The summed E-state index contributed by atoms with van der Waals surface area (Å²) >= 11 is 1.59. The molecule has 0 radical (unpaired) electrons. The number of ether oxygens (including phenoxy) is 1. The normalized spacial score (nSPS) is 10.8. The van der Waals surface area contributed by atoms with Gasteiger partial charge in [-0.25, -0.2) is 0 Å². The highest BCUT2D eigenvalue weighted by Crippen LogP contribution is 2.22. The Morgan fingerprint density at radius 3 is 2.52 bits per heavy atom. The van der Waals surface area contributed by atoms with Gasteiger partial charge >= 0.3 is 0 Å². The van der Waals surface area contributed by atoms with E-state index in [1.807, 2.05) is 41.8 Å². The molecule has 1 heterocycles. The van der Waals surface area contributed by atoms with E-state index in [9.17, 15) is 14.9 Å². The molecule has 0 aliphatic rings. The third kappa shape index (κ3) is 5.52. The van der Waals surface area contributed by atoms with Crippen molar-refractivity contribution in [3.05, 3.63) is 98.2 Å². The number of nitro groups is 1. The third-order valence-corrected chi connectivity index (χ3v) is 5.18. The van der Waals surface area contributed by atoms with E-state index in [1.165, 1.54) is 18.2 Å². The summed E-state index contributed by atoms with van der Waals surface area (Å²) in [5, 5.41) is 12.7. The first-order valence-electron chi connectivity index (χ1n) is 8.92. The summed E-state index contributed by atoms with van der Waals surface area (Å²) in [6, 6.07) is 17.6. The van der Waals surface area contributed by atoms with Crippen molar-refractivity contribution in [2.45, 2.75) is 13.1 Å². The van der Waals surface area contributed by atoms with Crippen molar-refractivity contribution in [1.82, 2.24) is 4.90 Å². The first kappa shape index (κ1) is 20.3. The van der Waals surface area contributed by atoms with Crippen molar-refractivity contribution in [3.63, 3.8) is 0 Å². The van der Waals surface area contributed by atoms with Gasteiger partial charge in [0.05, 0.1) is 18.6 Å². The van der Waals surface area contributed by atoms with E-state index in [4.69, 9.17) is 4.74 Å². The zero-order chi connectivity index (χ0) is 20.6. The number of hydrogen-bond donors (Lipinski definition) is 0. The fraction of sp³-hybridized carbons (Fsp3) is 0.136. The number of non-ortho nitro benzene ring substituents is 1. The van der Waals surface area contributed by atoms with Gasteiger partial charge in [-0.1, -0.05) is 24.3 Å². The lowest BCUT2D eigenvalue weighted by Crippen LogP contribution is -2.28. The number of nitro benzene ring substituents is 1. The van der Waals surface area contributed by atoms with Gasteiger partial charge in [0.25, 0.3) is 5.69 Å². The molecule has 0 bridgehead atoms. The van der Waals surface area contributed by atoms with E-state index in [0.717, 1.165) is 21.8 Å². The standard InChI is InChI=1S/C22H20N2O4S/c1-28-21-7-3-2-5-18(21)15-23(16-20-6-4-14-29-20)22(25)13-10-17-8-11-19(12-9-17)24(26)27/h2-14H,15-16H2,1H3/b13-10+. The fourth-order valence-corrected chi connectivity index (χ4v) is 3.54. The molecule has 2 aromatic carbocycles. The van der Waals surface area contributed by atoms with E-state index in [-0.39, 0.29) is 11.6 Å². The number of carbonyl (C=O) groups is 1. The molecule has 1 aromatic heterocycles. The number of rotatable bonds is 8. The van der Waals surface area contributed by atoms with E-state index in [1.54, 1.807) is 41.6 Å². The van der Waals surface area contributed by atoms with Gasteiger partial charge in [0.1, 0.15) is 5.75 Å². The topological polar surface area (TPSA) is 72.7 Å². The van der Waals surface area contributed by atoms with E-state index < -0.39 is 4.92 Å². The quantitative estimate of drug-likeness (QED) is 0.302. The summed E-state index contributed by atoms with van der Waals surface area (Å²) in [4.78, 5) is 26.1. The van der Waals surface area contributed by atoms with Gasteiger partial charge in [0.2, 0.25) is 5.91 Å². The predicted molar refractivity (Wildman–Crippen MR) is 114 cm³/mol. The minimum atomic E-state index is -0.450. The summed E-state index contributed by atoms with van der Waals surface area (Å²) in [6.07, 6.45) is 3.15. The fourth-order valence-electron chi connectivity index (χ4n) is 2.82. The zero-order valence-electron chi connectivity index (χ0n) is 15.9. The Kier molecular flexibility index (Phi) is 6.76. The second-order valence-corrected chi connectivity index (χ2v) is 7.30. The molecule has 7 heteroatoms. The zero-order valence-corrected chi connectivity index (χ0v) is 16.7. The highest BCUT2D eigenvalue weighted by molar-refractivity contribution is 7.09. The number of nitrogens with zero attached hydrogens (tertiary/aromatic N) is 2. The third-order valence-electron chi connectivity index (χ3n) is 4.31. The van der Waals surface area contributed by atoms with Crippen LogP contribution < -0.4 is 4.74 Å². The Morgan fingerprint density at radius 2 is 1.86 bits per heavy atom. The van der Waals surface area contributed by atoms with Gasteiger partial charge in [-0.15, -0.1) is 11.3 Å². The van der Waals surface area contributed by atoms with E-state index >= 15 is 0 Å². The summed E-state index contributed by atoms with van der Waals surface area (Å²) in [5.74, 6) is 0.582. The minimum absolute atomic E-state index is 0.0176. The molecule has 0 saturated heterocycles. The first-order valence-corrected chi connectivity index (χ1v) is 9.80. The molecule has 0 fully saturated rings. The Labute approximate surface area is 172 Å². The summed E-state index contributed by atoms with van der Waals surface area (Å²) in [7, 11) is 1.61. The molecule has 3 rings (SSSR count). The van der Waals surface area contributed by atoms with Crippen molar-refractivity contribution < 1.29 is 14.5 Å². The van der Waals surface area contributed by atoms with Crippen LogP contribution in [0.5, 0.6) is 5.75 Å². The van der Waals surface area contributed by atoms with Crippen LogP contribution in [0, 0.1) is 10.1 Å². The number of amides is 1. The monoisotopic (exact) mass is 408 g/mol. The molecule has 1 amide bonds. The lowest BCUT2D eigenvalue weighted by atomic mass is 10.1. The largest absolute Gasteiger partial charge is 0.496 e. The lowest BCUT2D eigenvalue weighted by Gasteiger charge is -2.22. The number of methoxy groups -OCH3 is 1. The average molecular weight is 408 g/mol. The molecule has 0 unspecified atom stereocenters. The number of carbonyl (C=O) groups excluding carboxylic acids is 1. The molecule has 6 nitrogen and oxygen atoms in total. The molecule has 29 heavy (non-hydrogen) atoms. The van der Waals surface area contributed by atoms with Crippen molar-refractivity contribution in [2.24, 2.45) is 0 Å². The van der Waals surface area contributed by atoms with Gasteiger partial charge in [-0.05, 0) is 41.3 Å². The Bertz CT molecular complexity index is 998. The molecule has 0 atom stereocenters. The molecular weight excluding hydrogens is 388 g/mol. The molecule has 0 saturated carbocycles. The molecule has 0 aliphatic heterocycles. The average Bonchev–Trinajstić information content (AvgIpc) is 3.25. The van der Waals surface area contributed by atoms with Crippen LogP contribution in [0.3, 0.4) is 0 Å². The van der Waals surface area contributed by atoms with E-state index in [0.29, 0.717) is 13.1 Å². The van der Waals surface area contributed by atoms with Crippen LogP contribution in [0.15, 0.2) is 72.1 Å². The highest BCUT2D eigenvalue weighted by Gasteiger charge is 2.15. The first-order chi connectivity index (χ1) is 14.1. The van der Waals surface area contributed by atoms with Crippen LogP contribution in [0.1, 0.15) is 16.0 Å². The van der Waals surface area contributed by atoms with E-state index in [2.05, 4.69) is 0 Å². The SMILES string of the molecule is COc1ccccc1CN(Cc1cccs1)C(=O)/C=C/c1ccc([N+](=O)[O-])cc1. The number of benzene rings is 2. The van der Waals surface area contributed by atoms with Crippen molar-refractivity contribution >= 4 is 29.0 Å². The molecule has 148 valence electrons. The van der Waals surface area contributed by atoms with Gasteiger partial charge in [0, 0.05) is 35.2 Å². The van der Waals surface area contributed by atoms with Crippen LogP contribution in [-0.2, 0) is 17.9 Å². The molecule has 0 N–H and O–H groups in total. The smallest absolute Gasteiger partial charge is 0.269 e. The van der Waals surface area contributed by atoms with Gasteiger partial charge in [-0.3, -0.25) is 14.9 Å². The minimum Gasteiger partial charge on any atom is -0.496 e. The number of para-hydroxylation sites is 1. The summed E-state index contributed by atoms with van der Waals surface area (Å²) in [5.41, 5.74) is 1.66. The van der Waals surface area contributed by atoms with Crippen molar-refractivity contribution in [1.29, 1.82) is 0 Å². The number of hydrogen-bond acceptors (Lipinski definition) is 5. The van der Waals surface area contributed by atoms with Crippen molar-refractivity contribution in [3.8, 4) is 5.75 Å². The molecular formula is C22H20N2O4S. The van der Waals surface area contributed by atoms with Gasteiger partial charge < -0.3 is 9.64 Å². The maximum absolute atomic E-state index is 12.9. The maximum atomic E-state index is 12.9. The van der Waals surface area contributed by atoms with Crippen molar-refractivity contribution in [2.75, 3.05) is 7.11 Å². The Balaban J connectivity index is 1.79. The Morgan fingerprint density at radius 1 is 1.10 bits per heavy atom. The van der Waals surface area contributed by atoms with Crippen LogP contribution in [0.2, 0.25) is 0 Å². The molecule has 0 spiro atoms. The maximum Gasteiger partial charge on any atom is 0.269 e. The second kappa shape index (κ2) is 9.66. The molecule has 3 aromatic rings. The molecule has 0 aliphatic carbocycles. The lowest BCUT2D eigenvalue weighted by molar-refractivity contribution is -0.384. The Hall–Kier alpha value is -3.45. The van der Waals surface area contributed by atoms with Gasteiger partial charge in [0.15, 0.2) is 0 Å². The van der Waals surface area contributed by atoms with Crippen LogP contribution in [-0.4, -0.2) is 22.8 Å². The highest BCUT2D eigenvalue weighted by atomic mass is 32.1. The van der Waals surface area contributed by atoms with Gasteiger partial charge in [-0.2, -0.15) is 0 Å². The summed E-state index contributed by atoms with van der Waals surface area (Å²) < 4.78 is 5.41. The summed E-state index contributed by atoms with van der Waals surface area (Å²) in [6.45, 7) is 0.893. The van der Waals surface area contributed by atoms with Crippen LogP contribution >= 0.6 is 11.3 Å².